The van der Waals surface area contributed by atoms with E-state index in [1.807, 2.05) is 13.8 Å². The molecular formula is C16H25N3O4. The summed E-state index contributed by atoms with van der Waals surface area (Å²) in [5, 5.41) is 5.43. The molecule has 1 unspecified atom stereocenters. The second-order valence-corrected chi connectivity index (χ2v) is 5.38. The zero-order valence-electron chi connectivity index (χ0n) is 14.0. The average molecular weight is 323 g/mol. The van der Waals surface area contributed by atoms with Gasteiger partial charge in [0.1, 0.15) is 17.5 Å². The molecule has 4 N–H and O–H groups in total. The van der Waals surface area contributed by atoms with Gasteiger partial charge in [0.2, 0.25) is 5.91 Å². The minimum atomic E-state index is -0.647. The smallest absolute Gasteiger partial charge is 0.252 e. The second kappa shape index (κ2) is 8.99. The summed E-state index contributed by atoms with van der Waals surface area (Å²) < 4.78 is 10.3. The molecule has 1 atom stereocenters. The molecule has 0 aliphatic carbocycles. The fraction of sp³-hybridized carbons (Fsp3) is 0.500. The first kappa shape index (κ1) is 18.8. The number of methoxy groups -OCH3 is 2. The van der Waals surface area contributed by atoms with Crippen LogP contribution in [0, 0.1) is 5.92 Å². The summed E-state index contributed by atoms with van der Waals surface area (Å²) in [6, 6.07) is 4.20. The molecule has 0 fully saturated rings. The first-order valence-corrected chi connectivity index (χ1v) is 7.44. The number of nitrogens with two attached hydrogens (primary N) is 1. The molecule has 0 heterocycles. The zero-order valence-corrected chi connectivity index (χ0v) is 14.0. The van der Waals surface area contributed by atoms with E-state index >= 15 is 0 Å². The fourth-order valence-electron chi connectivity index (χ4n) is 2.00. The molecule has 1 aromatic rings. The van der Waals surface area contributed by atoms with Crippen LogP contribution in [0.4, 0.5) is 0 Å². The van der Waals surface area contributed by atoms with Gasteiger partial charge in [-0.15, -0.1) is 0 Å². The Hall–Kier alpha value is -2.28. The van der Waals surface area contributed by atoms with E-state index in [1.54, 1.807) is 18.2 Å². The Morgan fingerprint density at radius 1 is 1.13 bits per heavy atom. The lowest BCUT2D eigenvalue weighted by molar-refractivity contribution is -0.123. The van der Waals surface area contributed by atoms with Crippen LogP contribution in [-0.4, -0.2) is 45.2 Å². The highest BCUT2D eigenvalue weighted by Crippen LogP contribution is 2.22. The van der Waals surface area contributed by atoms with Crippen molar-refractivity contribution in [2.45, 2.75) is 19.9 Å². The Bertz CT molecular complexity index is 524. The summed E-state index contributed by atoms with van der Waals surface area (Å²) in [4.78, 5) is 24.6. The van der Waals surface area contributed by atoms with Crippen molar-refractivity contribution < 1.29 is 19.1 Å². The highest BCUT2D eigenvalue weighted by molar-refractivity contribution is 5.98. The highest BCUT2D eigenvalue weighted by Gasteiger charge is 2.24. The van der Waals surface area contributed by atoms with Crippen LogP contribution in [0.15, 0.2) is 18.2 Å². The minimum Gasteiger partial charge on any atom is -0.497 e. The maximum atomic E-state index is 12.4. The number of amides is 2. The minimum absolute atomic E-state index is 0.0655. The van der Waals surface area contributed by atoms with E-state index < -0.39 is 6.04 Å². The number of carbonyl (C=O) groups is 2. The Kier molecular flexibility index (Phi) is 7.34. The van der Waals surface area contributed by atoms with Gasteiger partial charge in [0.05, 0.1) is 14.2 Å². The van der Waals surface area contributed by atoms with Crippen molar-refractivity contribution in [1.29, 1.82) is 0 Å². The lowest BCUT2D eigenvalue weighted by Gasteiger charge is -2.22. The topological polar surface area (TPSA) is 103 Å². The molecule has 0 aromatic heterocycles. The highest BCUT2D eigenvalue weighted by atomic mass is 16.5. The molecule has 0 radical (unpaired) electrons. The third-order valence-electron chi connectivity index (χ3n) is 3.29. The van der Waals surface area contributed by atoms with Gasteiger partial charge >= 0.3 is 0 Å². The number of carbonyl (C=O) groups excluding carboxylic acids is 2. The van der Waals surface area contributed by atoms with Crippen LogP contribution < -0.4 is 25.8 Å². The molecule has 0 saturated carbocycles. The summed E-state index contributed by atoms with van der Waals surface area (Å²) in [5.41, 5.74) is 5.74. The maximum absolute atomic E-state index is 12.4. The van der Waals surface area contributed by atoms with Crippen molar-refractivity contribution in [1.82, 2.24) is 10.6 Å². The summed E-state index contributed by atoms with van der Waals surface area (Å²) in [6.07, 6.45) is 0. The Morgan fingerprint density at radius 2 is 1.70 bits per heavy atom. The van der Waals surface area contributed by atoms with Crippen molar-refractivity contribution in [3.8, 4) is 11.5 Å². The lowest BCUT2D eigenvalue weighted by atomic mass is 10.0. The first-order chi connectivity index (χ1) is 10.9. The standard InChI is InChI=1S/C16H25N3O4/c1-10(2)14(16(21)18-6-5-17)19-15(20)11-7-12(22-3)9-13(8-11)23-4/h7-10,14H,5-6,17H2,1-4H3,(H,18,21)(H,19,20). The van der Waals surface area contributed by atoms with Crippen LogP contribution in [0.25, 0.3) is 0 Å². The SMILES string of the molecule is COc1cc(OC)cc(C(=O)NC(C(=O)NCCN)C(C)C)c1. The Balaban J connectivity index is 2.92. The van der Waals surface area contributed by atoms with Crippen molar-refractivity contribution >= 4 is 11.8 Å². The molecule has 2 amide bonds. The van der Waals surface area contributed by atoms with Gasteiger partial charge in [-0.3, -0.25) is 9.59 Å². The van der Waals surface area contributed by atoms with Crippen molar-refractivity contribution in [2.24, 2.45) is 11.7 Å². The summed E-state index contributed by atoms with van der Waals surface area (Å²) in [6.45, 7) is 4.43. The molecule has 23 heavy (non-hydrogen) atoms. The molecule has 7 nitrogen and oxygen atoms in total. The summed E-state index contributed by atoms with van der Waals surface area (Å²) >= 11 is 0. The molecule has 0 saturated heterocycles. The van der Waals surface area contributed by atoms with Crippen LogP contribution >= 0.6 is 0 Å². The third-order valence-corrected chi connectivity index (χ3v) is 3.29. The van der Waals surface area contributed by atoms with Crippen LogP contribution in [-0.2, 0) is 4.79 Å². The van der Waals surface area contributed by atoms with E-state index in [0.717, 1.165) is 0 Å². The monoisotopic (exact) mass is 323 g/mol. The largest absolute Gasteiger partial charge is 0.497 e. The zero-order chi connectivity index (χ0) is 17.4. The maximum Gasteiger partial charge on any atom is 0.252 e. The number of benzene rings is 1. The third kappa shape index (κ3) is 5.45. The summed E-state index contributed by atoms with van der Waals surface area (Å²) in [7, 11) is 3.02. The van der Waals surface area contributed by atoms with Gasteiger partial charge in [0.25, 0.3) is 5.91 Å². The van der Waals surface area contributed by atoms with Gasteiger partial charge in [-0.05, 0) is 18.1 Å². The summed E-state index contributed by atoms with van der Waals surface area (Å²) in [5.74, 6) is 0.313. The molecule has 1 aromatic carbocycles. The molecule has 0 aliphatic heterocycles. The van der Waals surface area contributed by atoms with E-state index in [-0.39, 0.29) is 17.7 Å². The van der Waals surface area contributed by atoms with Gasteiger partial charge in [0.15, 0.2) is 0 Å². The van der Waals surface area contributed by atoms with Gasteiger partial charge in [-0.1, -0.05) is 13.8 Å². The van der Waals surface area contributed by atoms with Gasteiger partial charge in [-0.2, -0.15) is 0 Å². The number of hydrogen-bond donors (Lipinski definition) is 3. The molecule has 0 bridgehead atoms. The van der Waals surface area contributed by atoms with Crippen LogP contribution in [0.2, 0.25) is 0 Å². The Morgan fingerprint density at radius 3 is 2.13 bits per heavy atom. The normalized spacial score (nSPS) is 11.7. The van der Waals surface area contributed by atoms with Gasteiger partial charge < -0.3 is 25.8 Å². The Labute approximate surface area is 136 Å². The second-order valence-electron chi connectivity index (χ2n) is 5.38. The molecule has 7 heteroatoms. The number of hydrogen-bond acceptors (Lipinski definition) is 5. The number of rotatable bonds is 8. The van der Waals surface area contributed by atoms with E-state index in [9.17, 15) is 9.59 Å². The van der Waals surface area contributed by atoms with Gasteiger partial charge in [-0.25, -0.2) is 0 Å². The molecule has 1 rings (SSSR count). The molecule has 128 valence electrons. The van der Waals surface area contributed by atoms with E-state index in [2.05, 4.69) is 10.6 Å². The van der Waals surface area contributed by atoms with Crippen molar-refractivity contribution in [2.75, 3.05) is 27.3 Å². The fourth-order valence-corrected chi connectivity index (χ4v) is 2.00. The van der Waals surface area contributed by atoms with E-state index in [1.165, 1.54) is 14.2 Å². The van der Waals surface area contributed by atoms with Crippen LogP contribution in [0.3, 0.4) is 0 Å². The van der Waals surface area contributed by atoms with Crippen molar-refractivity contribution in [3.63, 3.8) is 0 Å². The van der Waals surface area contributed by atoms with E-state index in [0.29, 0.717) is 30.2 Å². The lowest BCUT2D eigenvalue weighted by Crippen LogP contribution is -2.50. The van der Waals surface area contributed by atoms with Crippen LogP contribution in [0.5, 0.6) is 11.5 Å². The number of nitrogens with one attached hydrogen (secondary N) is 2. The number of ether oxygens (including phenoxy) is 2. The molecular weight excluding hydrogens is 298 g/mol. The van der Waals surface area contributed by atoms with Crippen LogP contribution in [0.1, 0.15) is 24.2 Å². The van der Waals surface area contributed by atoms with Crippen molar-refractivity contribution in [3.05, 3.63) is 23.8 Å². The molecule has 0 aliphatic rings. The predicted molar refractivity (Wildman–Crippen MR) is 87.7 cm³/mol. The first-order valence-electron chi connectivity index (χ1n) is 7.44. The average Bonchev–Trinajstić information content (AvgIpc) is 2.56. The predicted octanol–water partition coefficient (Wildman–Crippen LogP) is 0.533. The molecule has 0 spiro atoms. The van der Waals surface area contributed by atoms with Gasteiger partial charge in [0, 0.05) is 24.7 Å². The van der Waals surface area contributed by atoms with E-state index in [4.69, 9.17) is 15.2 Å². The quantitative estimate of drug-likeness (QED) is 0.648.